The number of amides is 1. The van der Waals surface area contributed by atoms with E-state index in [1.165, 1.54) is 23.5 Å². The predicted molar refractivity (Wildman–Crippen MR) is 137 cm³/mol. The number of aryl methyl sites for hydroxylation is 1. The Morgan fingerprint density at radius 2 is 1.83 bits per heavy atom. The molecule has 1 amide bonds. The second-order valence-electron chi connectivity index (χ2n) is 8.08. The molecule has 0 radical (unpaired) electrons. The first-order valence-corrected chi connectivity index (χ1v) is 11.6. The zero-order chi connectivity index (χ0) is 24.7. The van der Waals surface area contributed by atoms with E-state index in [4.69, 9.17) is 15.7 Å². The lowest BCUT2D eigenvalue weighted by Gasteiger charge is -2.14. The lowest BCUT2D eigenvalue weighted by Crippen LogP contribution is -2.31. The van der Waals surface area contributed by atoms with E-state index < -0.39 is 13.0 Å². The fraction of sp³-hybridized carbons (Fsp3) is 0.0800. The van der Waals surface area contributed by atoms with Gasteiger partial charge in [-0.05, 0) is 36.8 Å². The molecule has 0 fully saturated rings. The molecule has 0 aliphatic carbocycles. The van der Waals surface area contributed by atoms with Crippen molar-refractivity contribution in [3.8, 4) is 11.4 Å². The summed E-state index contributed by atoms with van der Waals surface area (Å²) in [6.45, 7) is 2.20. The average Bonchev–Trinajstić information content (AvgIpc) is 3.17. The summed E-state index contributed by atoms with van der Waals surface area (Å²) in [5.41, 5.74) is 8.05. The summed E-state index contributed by atoms with van der Waals surface area (Å²) < 4.78 is 14.4. The number of aromatic nitrogens is 2. The smallest absolute Gasteiger partial charge is 0.423 e. The zero-order valence-electron chi connectivity index (χ0n) is 18.6. The average molecular weight is 486 g/mol. The first kappa shape index (κ1) is 22.9. The van der Waals surface area contributed by atoms with Crippen LogP contribution in [0.4, 0.5) is 10.2 Å². The summed E-state index contributed by atoms with van der Waals surface area (Å²) in [6, 6.07) is 16.6. The van der Waals surface area contributed by atoms with Crippen molar-refractivity contribution in [2.45, 2.75) is 13.5 Å². The lowest BCUT2D eigenvalue weighted by atomic mass is 9.79. The van der Waals surface area contributed by atoms with Crippen molar-refractivity contribution >= 4 is 56.6 Å². The third-order valence-corrected chi connectivity index (χ3v) is 6.92. The second kappa shape index (κ2) is 9.07. The highest BCUT2D eigenvalue weighted by molar-refractivity contribution is 7.20. The molecule has 0 saturated carbocycles. The quantitative estimate of drug-likeness (QED) is 0.273. The number of thiophene rings is 1. The van der Waals surface area contributed by atoms with Crippen LogP contribution in [0.2, 0.25) is 0 Å². The summed E-state index contributed by atoms with van der Waals surface area (Å²) in [6.07, 6.45) is 0. The first-order chi connectivity index (χ1) is 16.8. The topological polar surface area (TPSA) is 121 Å². The number of nitrogens with one attached hydrogen (secondary N) is 1. The summed E-state index contributed by atoms with van der Waals surface area (Å²) in [5, 5.41) is 24.6. The molecule has 2 heterocycles. The van der Waals surface area contributed by atoms with E-state index in [9.17, 15) is 19.2 Å². The summed E-state index contributed by atoms with van der Waals surface area (Å²) in [5.74, 6) is -0.0425. The fourth-order valence-corrected chi connectivity index (χ4v) is 5.34. The Balaban J connectivity index is 1.72. The number of rotatable bonds is 6. The van der Waals surface area contributed by atoms with Gasteiger partial charge in [-0.2, -0.15) is 0 Å². The molecule has 0 unspecified atom stereocenters. The molecule has 10 heteroatoms. The Labute approximate surface area is 204 Å². The highest BCUT2D eigenvalue weighted by Crippen LogP contribution is 2.39. The Morgan fingerprint density at radius 1 is 1.09 bits per heavy atom. The van der Waals surface area contributed by atoms with Crippen molar-refractivity contribution in [2.75, 3.05) is 5.32 Å². The van der Waals surface area contributed by atoms with Crippen molar-refractivity contribution in [3.63, 3.8) is 0 Å². The van der Waals surface area contributed by atoms with Crippen molar-refractivity contribution in [1.29, 1.82) is 0 Å². The Bertz CT molecular complexity index is 1610. The normalized spacial score (nSPS) is 11.2. The molecular weight excluding hydrogens is 466 g/mol. The molecule has 174 valence electrons. The van der Waals surface area contributed by atoms with Gasteiger partial charge in [0.2, 0.25) is 5.91 Å². The van der Waals surface area contributed by atoms with Gasteiger partial charge in [-0.3, -0.25) is 4.79 Å². The van der Waals surface area contributed by atoms with E-state index in [2.05, 4.69) is 5.32 Å². The molecule has 0 bridgehead atoms. The monoisotopic (exact) mass is 486 g/mol. The minimum absolute atomic E-state index is 0.231. The number of carbonyl (C=O) groups excluding carboxylic acids is 1. The number of hydrogen-bond donors (Lipinski definition) is 4. The molecule has 0 saturated heterocycles. The highest BCUT2D eigenvalue weighted by Gasteiger charge is 2.22. The molecule has 2 aromatic heterocycles. The summed E-state index contributed by atoms with van der Waals surface area (Å²) in [7, 11) is -1.74. The lowest BCUT2D eigenvalue weighted by molar-refractivity contribution is 0.100. The third kappa shape index (κ3) is 4.23. The molecule has 7 nitrogen and oxygen atoms in total. The second-order valence-corrected chi connectivity index (χ2v) is 9.30. The van der Waals surface area contributed by atoms with Gasteiger partial charge < -0.3 is 21.1 Å². The number of primary amides is 1. The molecule has 0 spiro atoms. The number of nitrogens with zero attached hydrogens (tertiary/aromatic N) is 2. The van der Waals surface area contributed by atoms with E-state index in [-0.39, 0.29) is 11.3 Å². The largest absolute Gasteiger partial charge is 0.490 e. The molecule has 0 atom stereocenters. The van der Waals surface area contributed by atoms with Crippen molar-refractivity contribution in [2.24, 2.45) is 5.73 Å². The minimum atomic E-state index is -1.74. The van der Waals surface area contributed by atoms with Gasteiger partial charge in [-0.1, -0.05) is 36.4 Å². The third-order valence-electron chi connectivity index (χ3n) is 5.77. The fourth-order valence-electron chi connectivity index (χ4n) is 4.17. The summed E-state index contributed by atoms with van der Waals surface area (Å²) >= 11 is 1.42. The number of hydrogen-bond acceptors (Lipinski definition) is 7. The van der Waals surface area contributed by atoms with Gasteiger partial charge in [0.25, 0.3) is 0 Å². The van der Waals surface area contributed by atoms with Gasteiger partial charge in [0.15, 0.2) is 5.82 Å². The number of carbonyl (C=O) groups is 1. The van der Waals surface area contributed by atoms with E-state index in [0.29, 0.717) is 34.7 Å². The molecule has 5 rings (SSSR count). The van der Waals surface area contributed by atoms with Crippen LogP contribution in [0.5, 0.6) is 0 Å². The van der Waals surface area contributed by atoms with Gasteiger partial charge in [0, 0.05) is 37.9 Å². The number of nitrogens with two attached hydrogens (primary N) is 1. The van der Waals surface area contributed by atoms with Crippen LogP contribution in [-0.4, -0.2) is 33.0 Å². The van der Waals surface area contributed by atoms with E-state index >= 15 is 0 Å². The maximum Gasteiger partial charge on any atom is 0.490 e. The summed E-state index contributed by atoms with van der Waals surface area (Å²) in [4.78, 5) is 22.3. The van der Waals surface area contributed by atoms with E-state index in [1.807, 2.05) is 13.0 Å². The van der Waals surface area contributed by atoms with Crippen LogP contribution < -0.4 is 16.5 Å². The Kier molecular flexibility index (Phi) is 5.94. The molecule has 3 aromatic carbocycles. The van der Waals surface area contributed by atoms with Crippen molar-refractivity contribution in [3.05, 3.63) is 82.5 Å². The zero-order valence-corrected chi connectivity index (χ0v) is 19.4. The Morgan fingerprint density at radius 3 is 2.57 bits per heavy atom. The number of anilines is 1. The molecule has 5 N–H and O–H groups in total. The van der Waals surface area contributed by atoms with Crippen LogP contribution in [0.3, 0.4) is 0 Å². The number of halogens is 1. The minimum Gasteiger partial charge on any atom is -0.423 e. The number of fused-ring (bicyclic) bond motifs is 2. The van der Waals surface area contributed by atoms with Crippen LogP contribution in [0.25, 0.3) is 32.4 Å². The molecule has 35 heavy (non-hydrogen) atoms. The Hall–Kier alpha value is -3.86. The van der Waals surface area contributed by atoms with Crippen LogP contribution in [-0.2, 0) is 6.54 Å². The van der Waals surface area contributed by atoms with Crippen molar-refractivity contribution in [1.82, 2.24) is 9.97 Å². The van der Waals surface area contributed by atoms with E-state index in [0.717, 1.165) is 26.1 Å². The molecule has 5 aromatic rings. The van der Waals surface area contributed by atoms with Crippen molar-refractivity contribution < 1.29 is 19.2 Å². The molecule has 0 aliphatic heterocycles. The van der Waals surface area contributed by atoms with Crippen LogP contribution in [0, 0.1) is 12.7 Å². The van der Waals surface area contributed by atoms with Gasteiger partial charge in [-0.15, -0.1) is 11.3 Å². The molecule has 0 aliphatic rings. The maximum absolute atomic E-state index is 13.7. The molecular formula is C25H20BFN4O3S. The van der Waals surface area contributed by atoms with Gasteiger partial charge in [-0.25, -0.2) is 14.4 Å². The van der Waals surface area contributed by atoms with Crippen LogP contribution in [0.15, 0.2) is 60.7 Å². The van der Waals surface area contributed by atoms with Gasteiger partial charge >= 0.3 is 7.12 Å². The highest BCUT2D eigenvalue weighted by atomic mass is 32.1. The first-order valence-electron chi connectivity index (χ1n) is 10.8. The van der Waals surface area contributed by atoms with Crippen LogP contribution >= 0.6 is 11.3 Å². The van der Waals surface area contributed by atoms with E-state index in [1.54, 1.807) is 42.5 Å². The van der Waals surface area contributed by atoms with Gasteiger partial charge in [0.1, 0.15) is 11.6 Å². The standard InChI is InChI=1S/C25H20BFN4O3S/c1-13-20(16-7-3-9-18(23(28)32)22(16)35-13)25-30-21-17(8-4-10-19(21)26(33)34)24(31-25)29-12-14-5-2-6-15(27)11-14/h2-11,33-34H,12H2,1H3,(H2,28,32)(H,29,30,31). The van der Waals surface area contributed by atoms with Crippen LogP contribution in [0.1, 0.15) is 20.8 Å². The maximum atomic E-state index is 13.7. The number of benzene rings is 3. The SMILES string of the molecule is Cc1sc2c(C(N)=O)cccc2c1-c1nc(NCc2cccc(F)c2)c2cccc(B(O)O)c2n1. The van der Waals surface area contributed by atoms with Gasteiger partial charge in [0.05, 0.1) is 11.1 Å². The number of para-hydroxylation sites is 1. The predicted octanol–water partition coefficient (Wildman–Crippen LogP) is 3.35.